The van der Waals surface area contributed by atoms with E-state index in [-0.39, 0.29) is 5.88 Å². The Kier molecular flexibility index (Phi) is 4.61. The van der Waals surface area contributed by atoms with Crippen LogP contribution in [0.3, 0.4) is 0 Å². The van der Waals surface area contributed by atoms with E-state index in [0.717, 1.165) is 17.9 Å². The van der Waals surface area contributed by atoms with Gasteiger partial charge in [0.2, 0.25) is 11.8 Å². The van der Waals surface area contributed by atoms with Crippen LogP contribution in [0.5, 0.6) is 5.88 Å². The summed E-state index contributed by atoms with van der Waals surface area (Å²) in [7, 11) is 2.07. The zero-order valence-corrected chi connectivity index (χ0v) is 13.8. The van der Waals surface area contributed by atoms with Crippen LogP contribution in [0.25, 0.3) is 0 Å². The van der Waals surface area contributed by atoms with E-state index >= 15 is 0 Å². The van der Waals surface area contributed by atoms with Crippen molar-refractivity contribution < 1.29 is 5.11 Å². The minimum absolute atomic E-state index is 0.0546. The van der Waals surface area contributed by atoms with Crippen molar-refractivity contribution in [2.24, 2.45) is 0 Å². The topological polar surface area (TPSA) is 61.3 Å². The Balaban J connectivity index is 1.80. The number of rotatable bonds is 5. The first-order chi connectivity index (χ1) is 11.6. The summed E-state index contributed by atoms with van der Waals surface area (Å²) >= 11 is 0. The van der Waals surface area contributed by atoms with Crippen LogP contribution in [0.15, 0.2) is 60.8 Å². The van der Waals surface area contributed by atoms with E-state index in [0.29, 0.717) is 5.95 Å². The molecule has 0 saturated heterocycles. The van der Waals surface area contributed by atoms with Gasteiger partial charge in [0.15, 0.2) is 0 Å². The Morgan fingerprint density at radius 1 is 1.08 bits per heavy atom. The summed E-state index contributed by atoms with van der Waals surface area (Å²) in [6.45, 7) is 2.92. The average molecular weight is 320 g/mol. The molecule has 0 bridgehead atoms. The first kappa shape index (κ1) is 15.8. The number of nitrogens with zero attached hydrogens (tertiary/aromatic N) is 3. The van der Waals surface area contributed by atoms with E-state index in [1.807, 2.05) is 24.3 Å². The van der Waals surface area contributed by atoms with Gasteiger partial charge < -0.3 is 15.3 Å². The lowest BCUT2D eigenvalue weighted by Crippen LogP contribution is -2.17. The zero-order chi connectivity index (χ0) is 16.9. The molecular formula is C19H20N4O. The number of hydrogen-bond donors (Lipinski definition) is 2. The van der Waals surface area contributed by atoms with Crippen LogP contribution in [0.1, 0.15) is 11.1 Å². The molecule has 2 aromatic carbocycles. The molecule has 0 aliphatic heterocycles. The molecule has 1 heterocycles. The van der Waals surface area contributed by atoms with Crippen molar-refractivity contribution in [2.75, 3.05) is 17.3 Å². The predicted molar refractivity (Wildman–Crippen MR) is 96.7 cm³/mol. The molecule has 5 nitrogen and oxygen atoms in total. The SMILES string of the molecule is Cc1ccc(Nc2nccc(O)n2)cc1N(C)Cc1ccccc1. The molecule has 0 unspecified atom stereocenters. The first-order valence-electron chi connectivity index (χ1n) is 7.76. The van der Waals surface area contributed by atoms with E-state index in [9.17, 15) is 5.11 Å². The number of anilines is 3. The molecule has 0 aliphatic carbocycles. The number of aromatic hydroxyl groups is 1. The van der Waals surface area contributed by atoms with Crippen LogP contribution in [-0.2, 0) is 6.54 Å². The normalized spacial score (nSPS) is 10.4. The molecule has 3 rings (SSSR count). The summed E-state index contributed by atoms with van der Waals surface area (Å²) < 4.78 is 0. The van der Waals surface area contributed by atoms with Crippen molar-refractivity contribution in [2.45, 2.75) is 13.5 Å². The largest absolute Gasteiger partial charge is 0.493 e. The second-order valence-corrected chi connectivity index (χ2v) is 5.71. The highest BCUT2D eigenvalue weighted by Crippen LogP contribution is 2.26. The molecule has 3 aromatic rings. The predicted octanol–water partition coefficient (Wildman–Crippen LogP) is 3.87. The third-order valence-corrected chi connectivity index (χ3v) is 3.78. The standard InChI is InChI=1S/C19H20N4O/c1-14-8-9-16(21-19-20-11-10-18(24)22-19)12-17(14)23(2)13-15-6-4-3-5-7-15/h3-12H,13H2,1-2H3,(H2,20,21,22,24). The quantitative estimate of drug-likeness (QED) is 0.747. The van der Waals surface area contributed by atoms with Crippen LogP contribution in [0, 0.1) is 6.92 Å². The van der Waals surface area contributed by atoms with Crippen LogP contribution in [-0.4, -0.2) is 22.1 Å². The Labute approximate surface area is 141 Å². The van der Waals surface area contributed by atoms with Gasteiger partial charge in [-0.3, -0.25) is 0 Å². The monoisotopic (exact) mass is 320 g/mol. The summed E-state index contributed by atoms with van der Waals surface area (Å²) in [6, 6.07) is 17.9. The molecule has 122 valence electrons. The van der Waals surface area contributed by atoms with Crippen molar-refractivity contribution >= 4 is 17.3 Å². The van der Waals surface area contributed by atoms with Gasteiger partial charge in [-0.1, -0.05) is 36.4 Å². The van der Waals surface area contributed by atoms with E-state index in [2.05, 4.69) is 58.4 Å². The second-order valence-electron chi connectivity index (χ2n) is 5.71. The molecule has 5 heteroatoms. The fourth-order valence-electron chi connectivity index (χ4n) is 2.58. The molecule has 0 spiro atoms. The third kappa shape index (κ3) is 3.81. The van der Waals surface area contributed by atoms with Gasteiger partial charge in [-0.25, -0.2) is 4.98 Å². The van der Waals surface area contributed by atoms with E-state index < -0.39 is 0 Å². The maximum absolute atomic E-state index is 9.44. The third-order valence-electron chi connectivity index (χ3n) is 3.78. The maximum Gasteiger partial charge on any atom is 0.230 e. The summed E-state index contributed by atoms with van der Waals surface area (Å²) in [6.07, 6.45) is 1.52. The molecule has 0 atom stereocenters. The van der Waals surface area contributed by atoms with E-state index in [1.165, 1.54) is 23.4 Å². The highest BCUT2D eigenvalue weighted by atomic mass is 16.3. The highest BCUT2D eigenvalue weighted by Gasteiger charge is 2.08. The summed E-state index contributed by atoms with van der Waals surface area (Å²) in [5.74, 6) is 0.316. The Morgan fingerprint density at radius 2 is 1.88 bits per heavy atom. The zero-order valence-electron chi connectivity index (χ0n) is 13.8. The van der Waals surface area contributed by atoms with Crippen LogP contribution in [0.2, 0.25) is 0 Å². The minimum Gasteiger partial charge on any atom is -0.493 e. The van der Waals surface area contributed by atoms with Gasteiger partial charge in [-0.15, -0.1) is 0 Å². The van der Waals surface area contributed by atoms with Gasteiger partial charge in [-0.2, -0.15) is 4.98 Å². The van der Waals surface area contributed by atoms with Crippen molar-refractivity contribution in [1.82, 2.24) is 9.97 Å². The summed E-state index contributed by atoms with van der Waals surface area (Å²) in [4.78, 5) is 10.3. The van der Waals surface area contributed by atoms with E-state index in [4.69, 9.17) is 0 Å². The van der Waals surface area contributed by atoms with Crippen molar-refractivity contribution in [3.8, 4) is 5.88 Å². The Hall–Kier alpha value is -3.08. The summed E-state index contributed by atoms with van der Waals surface area (Å²) in [5, 5.41) is 12.6. The lowest BCUT2D eigenvalue weighted by molar-refractivity contribution is 0.453. The second kappa shape index (κ2) is 7.00. The minimum atomic E-state index is -0.0546. The lowest BCUT2D eigenvalue weighted by Gasteiger charge is -2.22. The molecule has 0 saturated carbocycles. The molecule has 0 radical (unpaired) electrons. The van der Waals surface area contributed by atoms with Gasteiger partial charge in [0.1, 0.15) is 0 Å². The molecule has 0 aliphatic rings. The smallest absolute Gasteiger partial charge is 0.230 e. The average Bonchev–Trinajstić information content (AvgIpc) is 2.57. The van der Waals surface area contributed by atoms with E-state index in [1.54, 1.807) is 0 Å². The van der Waals surface area contributed by atoms with Crippen molar-refractivity contribution in [3.63, 3.8) is 0 Å². The van der Waals surface area contributed by atoms with Gasteiger partial charge in [0.25, 0.3) is 0 Å². The van der Waals surface area contributed by atoms with Crippen LogP contribution >= 0.6 is 0 Å². The molecule has 1 aromatic heterocycles. The van der Waals surface area contributed by atoms with Crippen LogP contribution < -0.4 is 10.2 Å². The van der Waals surface area contributed by atoms with Gasteiger partial charge in [-0.05, 0) is 30.2 Å². The Bertz CT molecular complexity index is 821. The number of aromatic nitrogens is 2. The number of nitrogens with one attached hydrogen (secondary N) is 1. The lowest BCUT2D eigenvalue weighted by atomic mass is 10.1. The van der Waals surface area contributed by atoms with Crippen molar-refractivity contribution in [1.29, 1.82) is 0 Å². The molecule has 0 amide bonds. The number of hydrogen-bond acceptors (Lipinski definition) is 5. The number of aryl methyl sites for hydroxylation is 1. The molecule has 2 N–H and O–H groups in total. The fraction of sp³-hybridized carbons (Fsp3) is 0.158. The molecule has 0 fully saturated rings. The highest BCUT2D eigenvalue weighted by molar-refractivity contribution is 5.65. The van der Waals surface area contributed by atoms with Crippen molar-refractivity contribution in [3.05, 3.63) is 71.9 Å². The first-order valence-corrected chi connectivity index (χ1v) is 7.76. The molecule has 24 heavy (non-hydrogen) atoms. The fourth-order valence-corrected chi connectivity index (χ4v) is 2.58. The summed E-state index contributed by atoms with van der Waals surface area (Å²) in [5.41, 5.74) is 4.45. The van der Waals surface area contributed by atoms with Gasteiger partial charge >= 0.3 is 0 Å². The van der Waals surface area contributed by atoms with Gasteiger partial charge in [0, 0.05) is 37.2 Å². The van der Waals surface area contributed by atoms with Gasteiger partial charge in [0.05, 0.1) is 0 Å². The Morgan fingerprint density at radius 3 is 2.62 bits per heavy atom. The molecular weight excluding hydrogens is 300 g/mol. The number of benzene rings is 2. The van der Waals surface area contributed by atoms with Crippen LogP contribution in [0.4, 0.5) is 17.3 Å². The maximum atomic E-state index is 9.44.